The van der Waals surface area contributed by atoms with E-state index >= 15 is 0 Å². The molecule has 2 N–H and O–H groups in total. The third-order valence-electron chi connectivity index (χ3n) is 5.06. The van der Waals surface area contributed by atoms with Gasteiger partial charge in [-0.2, -0.15) is 23.1 Å². The van der Waals surface area contributed by atoms with Crippen LogP contribution in [0.4, 0.5) is 0 Å². The summed E-state index contributed by atoms with van der Waals surface area (Å²) in [5, 5.41) is 10.5. The first-order valence-corrected chi connectivity index (χ1v) is 15.2. The predicted octanol–water partition coefficient (Wildman–Crippen LogP) is 6.48. The van der Waals surface area contributed by atoms with Gasteiger partial charge < -0.3 is 24.5 Å². The van der Waals surface area contributed by atoms with Crippen molar-refractivity contribution in [2.45, 2.75) is 57.8 Å². The van der Waals surface area contributed by atoms with Crippen LogP contribution in [-0.2, 0) is 9.47 Å². The van der Waals surface area contributed by atoms with Crippen LogP contribution in [0, 0.1) is 0 Å². The van der Waals surface area contributed by atoms with Gasteiger partial charge in [-0.05, 0) is 92.4 Å². The Kier molecular flexibility index (Phi) is 26.1. The van der Waals surface area contributed by atoms with Crippen molar-refractivity contribution in [3.63, 3.8) is 0 Å². The number of piperidine rings is 1. The topological polar surface area (TPSA) is 55.7 Å². The largest absolute Gasteiger partial charge is 0.473 e. The molecule has 6 rings (SSSR count). The van der Waals surface area contributed by atoms with Gasteiger partial charge >= 0.3 is 0 Å². The minimum Gasteiger partial charge on any atom is -0.473 e. The van der Waals surface area contributed by atoms with Crippen LogP contribution in [-0.4, -0.2) is 64.1 Å². The van der Waals surface area contributed by atoms with Crippen molar-refractivity contribution >= 4 is 23.1 Å². The van der Waals surface area contributed by atoms with Crippen molar-refractivity contribution in [3.05, 3.63) is 47.6 Å². The lowest BCUT2D eigenvalue weighted by atomic mass is 10.2. The summed E-state index contributed by atoms with van der Waals surface area (Å²) in [6, 6.07) is 7.70. The number of ether oxygens (including phenoxy) is 2. The van der Waals surface area contributed by atoms with E-state index in [2.05, 4.69) is 26.8 Å². The van der Waals surface area contributed by atoms with Gasteiger partial charge in [-0.1, -0.05) is 25.0 Å². The van der Waals surface area contributed by atoms with Gasteiger partial charge in [0.2, 0.25) is 0 Å². The molecule has 0 aromatic carbocycles. The van der Waals surface area contributed by atoms with Crippen LogP contribution in [0.2, 0.25) is 0 Å². The highest BCUT2D eigenvalue weighted by atomic mass is 32.2. The van der Waals surface area contributed by atoms with E-state index in [-0.39, 0.29) is 0 Å². The number of nitrogens with one attached hydrogen (secondary N) is 2. The molecule has 0 bridgehead atoms. The Morgan fingerprint density at radius 2 is 1.03 bits per heavy atom. The fraction of sp³-hybridized carbons (Fsp3) is 0.704. The highest BCUT2D eigenvalue weighted by Crippen LogP contribution is 2.14. The zero-order valence-electron chi connectivity index (χ0n) is 21.1. The maximum atomic E-state index is 5.07. The number of morpholine rings is 1. The molecule has 34 heavy (non-hydrogen) atoms. The molecule has 0 amide bonds. The zero-order valence-corrected chi connectivity index (χ0v) is 22.7. The molecule has 2 aromatic heterocycles. The molecule has 0 spiro atoms. The van der Waals surface area contributed by atoms with Crippen molar-refractivity contribution in [2.75, 3.05) is 64.1 Å². The SMILES string of the molecule is C1CCNCC1.C1CCOCC1.C1CCSCC1.C1COCCN1.c1ccoc1.c1ccsc1. The summed E-state index contributed by atoms with van der Waals surface area (Å²) in [7, 11) is 0. The lowest BCUT2D eigenvalue weighted by Crippen LogP contribution is -2.30. The van der Waals surface area contributed by atoms with Crippen LogP contribution in [0.25, 0.3) is 0 Å². The van der Waals surface area contributed by atoms with Gasteiger partial charge in [0, 0.05) is 26.3 Å². The molecule has 0 radical (unpaired) electrons. The summed E-state index contributed by atoms with van der Waals surface area (Å²) in [4.78, 5) is 0. The van der Waals surface area contributed by atoms with E-state index in [1.165, 1.54) is 82.4 Å². The smallest absolute Gasteiger partial charge is 0.0902 e. The number of rotatable bonds is 0. The number of thiophene rings is 1. The first-order chi connectivity index (χ1) is 17.0. The Morgan fingerprint density at radius 1 is 0.500 bits per heavy atom. The maximum Gasteiger partial charge on any atom is 0.0902 e. The maximum absolute atomic E-state index is 5.07. The van der Waals surface area contributed by atoms with Gasteiger partial charge in [0.05, 0.1) is 25.7 Å². The second-order valence-electron chi connectivity index (χ2n) is 8.11. The molecule has 0 saturated carbocycles. The van der Waals surface area contributed by atoms with Crippen LogP contribution in [0.15, 0.2) is 52.0 Å². The highest BCUT2D eigenvalue weighted by Gasteiger charge is 1.96. The van der Waals surface area contributed by atoms with Crippen LogP contribution in [0.3, 0.4) is 0 Å². The summed E-state index contributed by atoms with van der Waals surface area (Å²) in [5.41, 5.74) is 0. The Morgan fingerprint density at radius 3 is 1.21 bits per heavy atom. The summed E-state index contributed by atoms with van der Waals surface area (Å²) < 4.78 is 14.7. The Hall–Kier alpha value is -0.830. The normalized spacial score (nSPS) is 19.3. The third-order valence-corrected chi connectivity index (χ3v) is 6.84. The molecule has 0 unspecified atom stereocenters. The molecule has 4 aliphatic rings. The van der Waals surface area contributed by atoms with Crippen LogP contribution >= 0.6 is 23.1 Å². The molecular formula is C27H48N2O3S2. The second kappa shape index (κ2) is 28.4. The van der Waals surface area contributed by atoms with Gasteiger partial charge in [-0.25, -0.2) is 0 Å². The van der Waals surface area contributed by atoms with E-state index in [0.717, 1.165) is 39.5 Å². The number of hydrogen-bond acceptors (Lipinski definition) is 7. The van der Waals surface area contributed by atoms with Gasteiger partial charge in [0.15, 0.2) is 0 Å². The van der Waals surface area contributed by atoms with Crippen LogP contribution in [0.5, 0.6) is 0 Å². The van der Waals surface area contributed by atoms with Crippen molar-refractivity contribution in [2.24, 2.45) is 0 Å². The highest BCUT2D eigenvalue weighted by molar-refractivity contribution is 7.99. The average Bonchev–Trinajstić information content (AvgIpc) is 3.74. The lowest BCUT2D eigenvalue weighted by molar-refractivity contribution is 0.0968. The summed E-state index contributed by atoms with van der Waals surface area (Å²) in [6.07, 6.45) is 15.8. The molecular weight excluding hydrogens is 464 g/mol. The van der Waals surface area contributed by atoms with Gasteiger partial charge in [-0.15, -0.1) is 0 Å². The Labute approximate surface area is 216 Å². The Balaban J connectivity index is 0.000000204. The van der Waals surface area contributed by atoms with Crippen molar-refractivity contribution in [1.82, 2.24) is 10.6 Å². The van der Waals surface area contributed by atoms with Gasteiger partial charge in [0.25, 0.3) is 0 Å². The summed E-state index contributed by atoms with van der Waals surface area (Å²) in [6.45, 7) is 8.33. The molecule has 5 nitrogen and oxygen atoms in total. The second-order valence-corrected chi connectivity index (χ2v) is 10.1. The minimum atomic E-state index is 0.889. The number of thioether (sulfide) groups is 1. The van der Waals surface area contributed by atoms with E-state index < -0.39 is 0 Å². The monoisotopic (exact) mass is 512 g/mol. The van der Waals surface area contributed by atoms with E-state index in [4.69, 9.17) is 9.47 Å². The van der Waals surface area contributed by atoms with E-state index in [0.29, 0.717) is 0 Å². The van der Waals surface area contributed by atoms with E-state index in [1.807, 2.05) is 35.0 Å². The first-order valence-electron chi connectivity index (χ1n) is 13.1. The van der Waals surface area contributed by atoms with Gasteiger partial charge in [0.1, 0.15) is 0 Å². The fourth-order valence-electron chi connectivity index (χ4n) is 3.15. The minimum absolute atomic E-state index is 0.889. The summed E-state index contributed by atoms with van der Waals surface area (Å²) in [5.74, 6) is 2.83. The van der Waals surface area contributed by atoms with Crippen LogP contribution < -0.4 is 10.6 Å². The Bertz CT molecular complexity index is 386. The van der Waals surface area contributed by atoms with E-state index in [1.54, 1.807) is 23.9 Å². The molecule has 4 fully saturated rings. The summed E-state index contributed by atoms with van der Waals surface area (Å²) >= 11 is 3.81. The van der Waals surface area contributed by atoms with E-state index in [9.17, 15) is 0 Å². The quantitative estimate of drug-likeness (QED) is 0.421. The zero-order chi connectivity index (χ0) is 24.0. The molecule has 4 aliphatic heterocycles. The van der Waals surface area contributed by atoms with Crippen molar-refractivity contribution in [3.8, 4) is 0 Å². The molecule has 4 saturated heterocycles. The fourth-order valence-corrected chi connectivity index (χ4v) is 4.62. The third kappa shape index (κ3) is 25.8. The molecule has 0 aliphatic carbocycles. The number of furan rings is 1. The first kappa shape index (κ1) is 31.2. The molecule has 2 aromatic rings. The average molecular weight is 513 g/mol. The molecule has 6 heterocycles. The standard InChI is InChI=1S/C5H11N.C5H10O.C5H10S.C4H9NO.C4H4O.C4H4S/c3*1-2-4-6-5-3-1;1-3-6-4-2-5-1;2*1-2-4-5-3-1/h6H,1-5H2;2*1-5H2;5H,1-4H2;2*1-4H. The molecule has 196 valence electrons. The predicted molar refractivity (Wildman–Crippen MR) is 149 cm³/mol. The number of hydrogen-bond donors (Lipinski definition) is 2. The van der Waals surface area contributed by atoms with Crippen LogP contribution in [0.1, 0.15) is 57.8 Å². The van der Waals surface area contributed by atoms with Crippen molar-refractivity contribution in [1.29, 1.82) is 0 Å². The van der Waals surface area contributed by atoms with Gasteiger partial charge in [-0.3, -0.25) is 0 Å². The van der Waals surface area contributed by atoms with Crippen molar-refractivity contribution < 1.29 is 13.9 Å². The molecule has 7 heteroatoms. The lowest BCUT2D eigenvalue weighted by Gasteiger charge is -2.10. The molecule has 0 atom stereocenters.